The number of halogens is 2. The maximum atomic E-state index is 12.5. The lowest BCUT2D eigenvalue weighted by atomic mass is 10.1. The Morgan fingerprint density at radius 1 is 1.47 bits per heavy atom. The molecular weight excluding hydrogens is 235 g/mol. The molecule has 84 valence electrons. The van der Waals surface area contributed by atoms with E-state index < -0.39 is 12.8 Å². The summed E-state index contributed by atoms with van der Waals surface area (Å²) >= 11 is 7.52. The van der Waals surface area contributed by atoms with Gasteiger partial charge >= 0.3 is 0 Å². The first-order valence-corrected chi connectivity index (χ1v) is 6.01. The van der Waals surface area contributed by atoms with Crippen molar-refractivity contribution in [1.29, 1.82) is 0 Å². The number of rotatable bonds is 4. The number of hydrogen-bond donors (Lipinski definition) is 1. The van der Waals surface area contributed by atoms with Crippen LogP contribution in [-0.4, -0.2) is 17.0 Å². The van der Waals surface area contributed by atoms with Crippen LogP contribution >= 0.6 is 23.4 Å². The smallest absolute Gasteiger partial charge is 0.120 e. The van der Waals surface area contributed by atoms with Crippen LogP contribution in [0.2, 0.25) is 5.02 Å². The Kier molecular flexibility index (Phi) is 4.90. The summed E-state index contributed by atoms with van der Waals surface area (Å²) in [5.41, 5.74) is 0.500. The van der Waals surface area contributed by atoms with Gasteiger partial charge in [-0.1, -0.05) is 31.5 Å². The summed E-state index contributed by atoms with van der Waals surface area (Å²) in [4.78, 5) is 0.850. The molecule has 0 aromatic heterocycles. The van der Waals surface area contributed by atoms with Gasteiger partial charge in [0.1, 0.15) is 12.8 Å². The fourth-order valence-electron chi connectivity index (χ4n) is 1.27. The molecule has 0 saturated heterocycles. The molecule has 1 rings (SSSR count). The molecule has 1 nitrogen and oxygen atoms in total. The van der Waals surface area contributed by atoms with Gasteiger partial charge in [0.15, 0.2) is 0 Å². The van der Waals surface area contributed by atoms with E-state index in [0.717, 1.165) is 4.90 Å². The van der Waals surface area contributed by atoms with Crippen molar-refractivity contribution in [3.63, 3.8) is 0 Å². The molecule has 0 aliphatic carbocycles. The second-order valence-corrected chi connectivity index (χ2v) is 5.51. The van der Waals surface area contributed by atoms with Crippen LogP contribution in [0.25, 0.3) is 0 Å². The van der Waals surface area contributed by atoms with E-state index in [4.69, 9.17) is 11.6 Å². The average molecular weight is 249 g/mol. The standard InChI is InChI=1S/C11H14ClFOS/c1-7(2)15-10-5-3-4-8(12)11(10)9(14)6-13/h3-5,7,9,14H,6H2,1-2H3. The summed E-state index contributed by atoms with van der Waals surface area (Å²) in [6.07, 6.45) is -1.13. The van der Waals surface area contributed by atoms with E-state index in [1.807, 2.05) is 26.0 Å². The van der Waals surface area contributed by atoms with E-state index in [1.165, 1.54) is 0 Å². The monoisotopic (exact) mass is 248 g/mol. The molecule has 1 N–H and O–H groups in total. The first kappa shape index (κ1) is 12.8. The third-order valence-electron chi connectivity index (χ3n) is 1.85. The maximum Gasteiger partial charge on any atom is 0.120 e. The normalized spacial score (nSPS) is 13.2. The summed E-state index contributed by atoms with van der Waals surface area (Å²) in [5.74, 6) is 0. The molecule has 0 fully saturated rings. The molecule has 0 radical (unpaired) electrons. The van der Waals surface area contributed by atoms with Crippen LogP contribution in [0.1, 0.15) is 25.5 Å². The van der Waals surface area contributed by atoms with Crippen molar-refractivity contribution in [3.8, 4) is 0 Å². The lowest BCUT2D eigenvalue weighted by molar-refractivity contribution is 0.139. The average Bonchev–Trinajstić information content (AvgIpc) is 2.16. The van der Waals surface area contributed by atoms with Gasteiger partial charge in [-0.15, -0.1) is 11.8 Å². The molecule has 0 aliphatic rings. The Hall–Kier alpha value is -0.250. The summed E-state index contributed by atoms with van der Waals surface area (Å²) in [5, 5.41) is 10.3. The highest BCUT2D eigenvalue weighted by Gasteiger charge is 2.16. The second-order valence-electron chi connectivity index (χ2n) is 3.49. The van der Waals surface area contributed by atoms with Crippen molar-refractivity contribution in [2.45, 2.75) is 30.1 Å². The Labute approximate surface area is 98.6 Å². The third-order valence-corrected chi connectivity index (χ3v) is 3.27. The molecule has 1 unspecified atom stereocenters. The highest BCUT2D eigenvalue weighted by atomic mass is 35.5. The van der Waals surface area contributed by atoms with Crippen LogP contribution in [0.15, 0.2) is 23.1 Å². The minimum atomic E-state index is -1.13. The Bertz CT molecular complexity index is 330. The van der Waals surface area contributed by atoms with Gasteiger partial charge in [-0.05, 0) is 12.1 Å². The SMILES string of the molecule is CC(C)Sc1cccc(Cl)c1C(O)CF. The van der Waals surface area contributed by atoms with Crippen LogP contribution in [0, 0.1) is 0 Å². The van der Waals surface area contributed by atoms with Gasteiger partial charge < -0.3 is 5.11 Å². The number of benzene rings is 1. The molecule has 15 heavy (non-hydrogen) atoms. The predicted molar refractivity (Wildman–Crippen MR) is 63.4 cm³/mol. The topological polar surface area (TPSA) is 20.2 Å². The Morgan fingerprint density at radius 3 is 2.67 bits per heavy atom. The predicted octanol–water partition coefficient (Wildman–Crippen LogP) is 3.84. The van der Waals surface area contributed by atoms with Gasteiger partial charge in [-0.25, -0.2) is 4.39 Å². The van der Waals surface area contributed by atoms with E-state index in [-0.39, 0.29) is 0 Å². The number of thioether (sulfide) groups is 1. The van der Waals surface area contributed by atoms with E-state index in [0.29, 0.717) is 15.8 Å². The van der Waals surface area contributed by atoms with Gasteiger partial charge in [0.2, 0.25) is 0 Å². The quantitative estimate of drug-likeness (QED) is 0.817. The van der Waals surface area contributed by atoms with Crippen molar-refractivity contribution in [1.82, 2.24) is 0 Å². The van der Waals surface area contributed by atoms with Gasteiger partial charge in [-0.3, -0.25) is 0 Å². The zero-order valence-electron chi connectivity index (χ0n) is 8.71. The van der Waals surface area contributed by atoms with Crippen LogP contribution < -0.4 is 0 Å². The molecule has 0 amide bonds. The van der Waals surface area contributed by atoms with E-state index >= 15 is 0 Å². The zero-order valence-corrected chi connectivity index (χ0v) is 10.3. The molecule has 0 spiro atoms. The van der Waals surface area contributed by atoms with E-state index in [1.54, 1.807) is 17.8 Å². The van der Waals surface area contributed by atoms with Crippen LogP contribution in [0.3, 0.4) is 0 Å². The van der Waals surface area contributed by atoms with Crippen molar-refractivity contribution in [2.24, 2.45) is 0 Å². The van der Waals surface area contributed by atoms with Crippen molar-refractivity contribution < 1.29 is 9.50 Å². The minimum Gasteiger partial charge on any atom is -0.386 e. The van der Waals surface area contributed by atoms with Crippen LogP contribution in [0.5, 0.6) is 0 Å². The molecular formula is C11H14ClFOS. The Morgan fingerprint density at radius 2 is 2.13 bits per heavy atom. The van der Waals surface area contributed by atoms with Gasteiger partial charge in [0.05, 0.1) is 0 Å². The van der Waals surface area contributed by atoms with Crippen LogP contribution in [-0.2, 0) is 0 Å². The highest BCUT2D eigenvalue weighted by molar-refractivity contribution is 8.00. The first-order valence-electron chi connectivity index (χ1n) is 4.75. The zero-order chi connectivity index (χ0) is 11.4. The second kappa shape index (κ2) is 5.73. The lowest BCUT2D eigenvalue weighted by Crippen LogP contribution is -2.03. The van der Waals surface area contributed by atoms with Crippen LogP contribution in [0.4, 0.5) is 4.39 Å². The fraction of sp³-hybridized carbons (Fsp3) is 0.455. The summed E-state index contributed by atoms with van der Waals surface area (Å²) in [7, 11) is 0. The summed E-state index contributed by atoms with van der Waals surface area (Å²) in [6.45, 7) is 3.27. The lowest BCUT2D eigenvalue weighted by Gasteiger charge is -2.15. The molecule has 1 aromatic carbocycles. The van der Waals surface area contributed by atoms with Gasteiger partial charge in [0, 0.05) is 20.7 Å². The van der Waals surface area contributed by atoms with E-state index in [2.05, 4.69) is 0 Å². The molecule has 4 heteroatoms. The van der Waals surface area contributed by atoms with Crippen molar-refractivity contribution >= 4 is 23.4 Å². The largest absolute Gasteiger partial charge is 0.386 e. The number of aliphatic hydroxyl groups excluding tert-OH is 1. The molecule has 0 heterocycles. The molecule has 1 atom stereocenters. The van der Waals surface area contributed by atoms with Gasteiger partial charge in [-0.2, -0.15) is 0 Å². The number of aliphatic hydroxyl groups is 1. The molecule has 0 bridgehead atoms. The molecule has 1 aromatic rings. The minimum absolute atomic E-state index is 0.369. The Balaban J connectivity index is 3.08. The number of hydrogen-bond acceptors (Lipinski definition) is 2. The van der Waals surface area contributed by atoms with E-state index in [9.17, 15) is 9.50 Å². The summed E-state index contributed by atoms with van der Waals surface area (Å²) in [6, 6.07) is 5.33. The summed E-state index contributed by atoms with van der Waals surface area (Å²) < 4.78 is 12.5. The molecule has 0 aliphatic heterocycles. The van der Waals surface area contributed by atoms with Crippen molar-refractivity contribution in [3.05, 3.63) is 28.8 Å². The highest BCUT2D eigenvalue weighted by Crippen LogP contribution is 2.35. The fourth-order valence-corrected chi connectivity index (χ4v) is 2.67. The van der Waals surface area contributed by atoms with Crippen molar-refractivity contribution in [2.75, 3.05) is 6.67 Å². The molecule has 0 saturated carbocycles. The maximum absolute atomic E-state index is 12.5. The number of alkyl halides is 1. The first-order chi connectivity index (χ1) is 7.06. The van der Waals surface area contributed by atoms with Gasteiger partial charge in [0.25, 0.3) is 0 Å². The third kappa shape index (κ3) is 3.37.